The molecule has 2 heterocycles. The topological polar surface area (TPSA) is 91.8 Å². The maximum absolute atomic E-state index is 14.1. The molecule has 2 N–H and O–H groups in total. The van der Waals surface area contributed by atoms with E-state index in [9.17, 15) is 14.7 Å². The average molecular weight is 488 g/mol. The first kappa shape index (κ1) is 25.2. The number of carbonyl (C=O) groups excluding carboxylic acids is 1. The molecule has 1 aliphatic rings. The first-order valence-corrected chi connectivity index (χ1v) is 12.0. The van der Waals surface area contributed by atoms with Crippen LogP contribution in [0.25, 0.3) is 0 Å². The zero-order chi connectivity index (χ0) is 26.3. The first-order chi connectivity index (χ1) is 16.9. The van der Waals surface area contributed by atoms with Crippen LogP contribution < -0.4 is 15.0 Å². The summed E-state index contributed by atoms with van der Waals surface area (Å²) in [5.41, 5.74) is 0.445. The van der Waals surface area contributed by atoms with E-state index >= 15 is 0 Å². The Kier molecular flexibility index (Phi) is 6.29. The molecule has 4 rings (SSSR count). The maximum atomic E-state index is 14.1. The van der Waals surface area contributed by atoms with Crippen molar-refractivity contribution in [3.8, 4) is 11.6 Å². The fourth-order valence-corrected chi connectivity index (χ4v) is 4.90. The molecule has 7 nitrogen and oxygen atoms in total. The summed E-state index contributed by atoms with van der Waals surface area (Å²) in [5, 5.41) is 13.2. The van der Waals surface area contributed by atoms with E-state index in [0.29, 0.717) is 17.1 Å². The Morgan fingerprint density at radius 3 is 2.31 bits per heavy atom. The Bertz CT molecular complexity index is 1310. The summed E-state index contributed by atoms with van der Waals surface area (Å²) in [4.78, 5) is 32.2. The summed E-state index contributed by atoms with van der Waals surface area (Å²) in [7, 11) is 0. The highest BCUT2D eigenvalue weighted by Crippen LogP contribution is 2.49. The molecule has 3 aromatic rings. The van der Waals surface area contributed by atoms with Crippen LogP contribution in [0.4, 0.5) is 16.2 Å². The van der Waals surface area contributed by atoms with Gasteiger partial charge in [-0.15, -0.1) is 0 Å². The zero-order valence-corrected chi connectivity index (χ0v) is 21.6. The molecule has 0 spiro atoms. The highest BCUT2D eigenvalue weighted by Gasteiger charge is 2.59. The Balaban J connectivity index is 1.74. The molecule has 188 valence electrons. The van der Waals surface area contributed by atoms with Crippen molar-refractivity contribution < 1.29 is 19.4 Å². The lowest BCUT2D eigenvalue weighted by atomic mass is 9.70. The van der Waals surface area contributed by atoms with Crippen LogP contribution in [0, 0.1) is 5.41 Å². The third-order valence-electron chi connectivity index (χ3n) is 6.79. The van der Waals surface area contributed by atoms with E-state index in [-0.39, 0.29) is 17.7 Å². The second-order valence-corrected chi connectivity index (χ2v) is 11.2. The molecule has 1 aromatic heterocycles. The summed E-state index contributed by atoms with van der Waals surface area (Å²) in [5.74, 6) is 0.449. The summed E-state index contributed by atoms with van der Waals surface area (Å²) in [6.07, 6.45) is 0.680. The predicted octanol–water partition coefficient (Wildman–Crippen LogP) is 6.64. The lowest BCUT2D eigenvalue weighted by molar-refractivity contribution is -0.124. The molecule has 36 heavy (non-hydrogen) atoms. The van der Waals surface area contributed by atoms with E-state index in [4.69, 9.17) is 4.74 Å². The summed E-state index contributed by atoms with van der Waals surface area (Å²) in [6, 6.07) is 18.4. The van der Waals surface area contributed by atoms with E-state index in [1.807, 2.05) is 57.2 Å². The number of carbonyl (C=O) groups is 2. The van der Waals surface area contributed by atoms with Gasteiger partial charge in [-0.05, 0) is 40.7 Å². The minimum Gasteiger partial charge on any atom is -0.465 e. The van der Waals surface area contributed by atoms with Crippen LogP contribution in [0.15, 0.2) is 66.9 Å². The number of aromatic nitrogens is 1. The molecule has 0 bridgehead atoms. The Hall–Kier alpha value is -3.87. The van der Waals surface area contributed by atoms with Gasteiger partial charge < -0.3 is 15.2 Å². The number of nitrogens with zero attached hydrogens (tertiary/aromatic N) is 2. The number of rotatable bonds is 4. The number of carboxylic acid groups (broad SMARTS) is 1. The number of ether oxygens (including phenoxy) is 1. The van der Waals surface area contributed by atoms with Crippen LogP contribution in [0.3, 0.4) is 0 Å². The van der Waals surface area contributed by atoms with Crippen molar-refractivity contribution in [1.29, 1.82) is 0 Å². The maximum Gasteiger partial charge on any atom is 0.412 e. The SMILES string of the molecule is CC(C)(C)c1ccccc1Oc1ncccc1NC(=O)[C@]1(C(C)(C)C)Cc2ccccc2N1C(=O)O. The first-order valence-electron chi connectivity index (χ1n) is 12.0. The van der Waals surface area contributed by atoms with Gasteiger partial charge in [0.15, 0.2) is 0 Å². The Morgan fingerprint density at radius 1 is 0.972 bits per heavy atom. The minimum atomic E-state index is -1.38. The lowest BCUT2D eigenvalue weighted by Crippen LogP contribution is -2.64. The van der Waals surface area contributed by atoms with Gasteiger partial charge in [-0.3, -0.25) is 9.69 Å². The van der Waals surface area contributed by atoms with E-state index < -0.39 is 23.0 Å². The number of para-hydroxylation sites is 2. The van der Waals surface area contributed by atoms with Crippen LogP contribution in [0.5, 0.6) is 11.6 Å². The quantitative estimate of drug-likeness (QED) is 0.431. The smallest absolute Gasteiger partial charge is 0.412 e. The number of amides is 2. The number of hydrogen-bond donors (Lipinski definition) is 2. The molecule has 0 aliphatic carbocycles. The fraction of sp³-hybridized carbons (Fsp3) is 0.345. The molecule has 0 saturated heterocycles. The van der Waals surface area contributed by atoms with Gasteiger partial charge in [0.1, 0.15) is 17.0 Å². The number of hydrogen-bond acceptors (Lipinski definition) is 4. The Labute approximate surface area is 212 Å². The summed E-state index contributed by atoms with van der Waals surface area (Å²) < 4.78 is 6.23. The number of benzene rings is 2. The zero-order valence-electron chi connectivity index (χ0n) is 21.6. The Morgan fingerprint density at radius 2 is 1.64 bits per heavy atom. The minimum absolute atomic E-state index is 0.164. The number of pyridine rings is 1. The third kappa shape index (κ3) is 4.30. The van der Waals surface area contributed by atoms with Crippen LogP contribution in [0.2, 0.25) is 0 Å². The molecule has 0 saturated carbocycles. The van der Waals surface area contributed by atoms with Crippen molar-refractivity contribution in [3.05, 3.63) is 78.0 Å². The van der Waals surface area contributed by atoms with Crippen molar-refractivity contribution in [3.63, 3.8) is 0 Å². The van der Waals surface area contributed by atoms with Crippen molar-refractivity contribution in [2.45, 2.75) is 58.9 Å². The summed E-state index contributed by atoms with van der Waals surface area (Å²) >= 11 is 0. The average Bonchev–Trinajstić information content (AvgIpc) is 3.17. The van der Waals surface area contributed by atoms with Gasteiger partial charge >= 0.3 is 6.09 Å². The second kappa shape index (κ2) is 8.97. The predicted molar refractivity (Wildman–Crippen MR) is 141 cm³/mol. The number of nitrogens with one attached hydrogen (secondary N) is 1. The van der Waals surface area contributed by atoms with Crippen LogP contribution in [-0.4, -0.2) is 27.6 Å². The van der Waals surface area contributed by atoms with Crippen molar-refractivity contribution in [2.24, 2.45) is 5.41 Å². The lowest BCUT2D eigenvalue weighted by Gasteiger charge is -2.45. The summed E-state index contributed by atoms with van der Waals surface area (Å²) in [6.45, 7) is 11.9. The normalized spacial score (nSPS) is 17.4. The largest absolute Gasteiger partial charge is 0.465 e. The second-order valence-electron chi connectivity index (χ2n) is 11.2. The molecule has 0 unspecified atom stereocenters. The molecule has 1 aliphatic heterocycles. The van der Waals surface area contributed by atoms with Crippen molar-refractivity contribution >= 4 is 23.4 Å². The van der Waals surface area contributed by atoms with Crippen LogP contribution in [0.1, 0.15) is 52.7 Å². The molecule has 7 heteroatoms. The van der Waals surface area contributed by atoms with Gasteiger partial charge in [-0.25, -0.2) is 9.78 Å². The molecule has 2 amide bonds. The molecule has 1 atom stereocenters. The third-order valence-corrected chi connectivity index (χ3v) is 6.79. The van der Waals surface area contributed by atoms with Crippen molar-refractivity contribution in [2.75, 3.05) is 10.2 Å². The molecule has 0 radical (unpaired) electrons. The van der Waals surface area contributed by atoms with Gasteiger partial charge in [0.05, 0.1) is 5.69 Å². The van der Waals surface area contributed by atoms with E-state index in [2.05, 4.69) is 31.1 Å². The van der Waals surface area contributed by atoms with Crippen LogP contribution >= 0.6 is 0 Å². The van der Waals surface area contributed by atoms with E-state index in [0.717, 1.165) is 11.1 Å². The highest BCUT2D eigenvalue weighted by atomic mass is 16.5. The van der Waals surface area contributed by atoms with Gasteiger partial charge in [0, 0.05) is 18.2 Å². The number of fused-ring (bicyclic) bond motifs is 1. The van der Waals surface area contributed by atoms with Gasteiger partial charge in [0.25, 0.3) is 5.91 Å². The van der Waals surface area contributed by atoms with E-state index in [1.165, 1.54) is 4.90 Å². The monoisotopic (exact) mass is 487 g/mol. The number of anilines is 2. The standard InChI is InChI=1S/C29H33N3O4/c1-27(2,3)20-13-8-10-16-23(20)36-24-21(14-11-17-30-24)31-25(33)29(28(4,5)6)18-19-12-7-9-15-22(19)32(29)26(34)35/h7-17H,18H2,1-6H3,(H,31,33)(H,34,35)/t29-/m0/s1. The van der Waals surface area contributed by atoms with Gasteiger partial charge in [-0.1, -0.05) is 77.9 Å². The van der Waals surface area contributed by atoms with Gasteiger partial charge in [-0.2, -0.15) is 0 Å². The molecular weight excluding hydrogens is 454 g/mol. The van der Waals surface area contributed by atoms with Crippen LogP contribution in [-0.2, 0) is 16.6 Å². The molecular formula is C29H33N3O4. The molecule has 0 fully saturated rings. The molecule has 2 aromatic carbocycles. The van der Waals surface area contributed by atoms with Crippen molar-refractivity contribution in [1.82, 2.24) is 4.98 Å². The fourth-order valence-electron chi connectivity index (χ4n) is 4.90. The highest BCUT2D eigenvalue weighted by molar-refractivity contribution is 6.09. The van der Waals surface area contributed by atoms with Gasteiger partial charge in [0.2, 0.25) is 5.88 Å². The van der Waals surface area contributed by atoms with E-state index in [1.54, 1.807) is 30.5 Å².